The number of sulfonamides is 1. The predicted molar refractivity (Wildman–Crippen MR) is 146 cm³/mol. The molecular formula is C28H32ClN3O4S. The molecule has 37 heavy (non-hydrogen) atoms. The first-order valence-electron chi connectivity index (χ1n) is 12.3. The number of amides is 1. The molecular weight excluding hydrogens is 510 g/mol. The fourth-order valence-electron chi connectivity index (χ4n) is 4.35. The number of piperidine rings is 1. The highest BCUT2D eigenvalue weighted by Crippen LogP contribution is 2.27. The number of rotatable bonds is 10. The molecule has 1 aliphatic rings. The van der Waals surface area contributed by atoms with Gasteiger partial charge in [-0.3, -0.25) is 14.0 Å². The highest BCUT2D eigenvalue weighted by Gasteiger charge is 2.27. The van der Waals surface area contributed by atoms with E-state index in [2.05, 4.69) is 22.3 Å². The van der Waals surface area contributed by atoms with E-state index >= 15 is 0 Å². The molecule has 9 heteroatoms. The van der Waals surface area contributed by atoms with E-state index < -0.39 is 15.9 Å². The highest BCUT2D eigenvalue weighted by molar-refractivity contribution is 7.92. The summed E-state index contributed by atoms with van der Waals surface area (Å²) in [5, 5.41) is 3.22. The Bertz CT molecular complexity index is 1290. The molecule has 1 saturated heterocycles. The molecule has 0 bridgehead atoms. The van der Waals surface area contributed by atoms with Crippen LogP contribution in [-0.2, 0) is 27.9 Å². The van der Waals surface area contributed by atoms with Gasteiger partial charge in [0.15, 0.2) is 0 Å². The molecule has 3 aromatic carbocycles. The number of carbonyl (C=O) groups is 1. The molecule has 0 spiro atoms. The van der Waals surface area contributed by atoms with Crippen molar-refractivity contribution in [1.29, 1.82) is 0 Å². The van der Waals surface area contributed by atoms with Crippen LogP contribution in [-0.4, -0.2) is 46.0 Å². The van der Waals surface area contributed by atoms with E-state index in [1.165, 1.54) is 50.1 Å². The van der Waals surface area contributed by atoms with Crippen molar-refractivity contribution in [2.45, 2.75) is 37.2 Å². The van der Waals surface area contributed by atoms with Gasteiger partial charge < -0.3 is 10.1 Å². The fourth-order valence-corrected chi connectivity index (χ4v) is 5.94. The van der Waals surface area contributed by atoms with Crippen molar-refractivity contribution in [3.63, 3.8) is 0 Å². The average Bonchev–Trinajstić information content (AvgIpc) is 2.92. The summed E-state index contributed by atoms with van der Waals surface area (Å²) in [4.78, 5) is 15.4. The van der Waals surface area contributed by atoms with Crippen LogP contribution in [0.5, 0.6) is 5.75 Å². The molecule has 7 nitrogen and oxygen atoms in total. The number of hydrogen-bond donors (Lipinski definition) is 1. The Labute approximate surface area is 224 Å². The van der Waals surface area contributed by atoms with Crippen molar-refractivity contribution in [2.75, 3.05) is 31.0 Å². The molecule has 0 unspecified atom stereocenters. The van der Waals surface area contributed by atoms with Crippen molar-refractivity contribution >= 4 is 33.2 Å². The van der Waals surface area contributed by atoms with Gasteiger partial charge in [-0.25, -0.2) is 8.42 Å². The van der Waals surface area contributed by atoms with E-state index in [1.54, 1.807) is 30.3 Å². The Kier molecular flexibility index (Phi) is 9.08. The maximum absolute atomic E-state index is 13.5. The first-order valence-corrected chi connectivity index (χ1v) is 14.2. The van der Waals surface area contributed by atoms with Crippen LogP contribution in [0.1, 0.15) is 30.4 Å². The number of benzene rings is 3. The maximum atomic E-state index is 13.5. The standard InChI is InChI=1S/C28H32ClN3O4S/c1-36-26-12-14-27(15-13-26)37(34,35)32(25-7-5-6-24(29)18-25)21-28(33)30-19-22-8-10-23(11-9-22)20-31-16-3-2-4-17-31/h5-15,18H,2-4,16-17,19-21H2,1H3,(H,30,33). The van der Waals surface area contributed by atoms with Gasteiger partial charge in [0, 0.05) is 18.1 Å². The van der Waals surface area contributed by atoms with Crippen molar-refractivity contribution in [3.8, 4) is 5.75 Å². The number of likely N-dealkylation sites (tertiary alicyclic amines) is 1. The molecule has 4 rings (SSSR count). The van der Waals surface area contributed by atoms with Gasteiger partial charge in [0.25, 0.3) is 10.0 Å². The van der Waals surface area contributed by atoms with Crippen LogP contribution in [0.15, 0.2) is 77.7 Å². The number of ether oxygens (including phenoxy) is 1. The summed E-state index contributed by atoms with van der Waals surface area (Å²) in [6.07, 6.45) is 3.82. The molecule has 196 valence electrons. The van der Waals surface area contributed by atoms with E-state index in [4.69, 9.17) is 16.3 Å². The lowest BCUT2D eigenvalue weighted by Crippen LogP contribution is -2.40. The number of hydrogen-bond acceptors (Lipinski definition) is 5. The zero-order chi connectivity index (χ0) is 26.3. The lowest BCUT2D eigenvalue weighted by atomic mass is 10.1. The van der Waals surface area contributed by atoms with Gasteiger partial charge in [-0.1, -0.05) is 48.4 Å². The van der Waals surface area contributed by atoms with Crippen LogP contribution in [0.3, 0.4) is 0 Å². The molecule has 1 aliphatic heterocycles. The Morgan fingerprint density at radius 2 is 1.65 bits per heavy atom. The second-order valence-electron chi connectivity index (χ2n) is 9.10. The highest BCUT2D eigenvalue weighted by atomic mass is 35.5. The van der Waals surface area contributed by atoms with E-state index in [1.807, 2.05) is 12.1 Å². The number of halogens is 1. The summed E-state index contributed by atoms with van der Waals surface area (Å²) in [6, 6.07) is 20.7. The SMILES string of the molecule is COc1ccc(S(=O)(=O)N(CC(=O)NCc2ccc(CN3CCCCC3)cc2)c2cccc(Cl)c2)cc1. The van der Waals surface area contributed by atoms with Gasteiger partial charge in [-0.2, -0.15) is 0 Å². The molecule has 0 aromatic heterocycles. The number of methoxy groups -OCH3 is 1. The number of nitrogens with zero attached hydrogens (tertiary/aromatic N) is 2. The molecule has 1 heterocycles. The maximum Gasteiger partial charge on any atom is 0.264 e. The van der Waals surface area contributed by atoms with Crippen molar-refractivity contribution in [3.05, 3.63) is 88.9 Å². The molecule has 0 aliphatic carbocycles. The van der Waals surface area contributed by atoms with Crippen LogP contribution < -0.4 is 14.4 Å². The summed E-state index contributed by atoms with van der Waals surface area (Å²) in [6.45, 7) is 3.13. The molecule has 1 fully saturated rings. The van der Waals surface area contributed by atoms with E-state index in [0.29, 0.717) is 23.0 Å². The van der Waals surface area contributed by atoms with E-state index in [0.717, 1.165) is 29.5 Å². The molecule has 0 radical (unpaired) electrons. The number of anilines is 1. The minimum Gasteiger partial charge on any atom is -0.497 e. The van der Waals surface area contributed by atoms with Gasteiger partial charge >= 0.3 is 0 Å². The second kappa shape index (κ2) is 12.4. The third-order valence-corrected chi connectivity index (χ3v) is 8.42. The molecule has 1 N–H and O–H groups in total. The number of carbonyl (C=O) groups excluding carboxylic acids is 1. The van der Waals surface area contributed by atoms with E-state index in [9.17, 15) is 13.2 Å². The minimum atomic E-state index is -4.04. The summed E-state index contributed by atoms with van der Waals surface area (Å²) < 4.78 is 33.2. The molecule has 0 atom stereocenters. The van der Waals surface area contributed by atoms with Gasteiger partial charge in [-0.15, -0.1) is 0 Å². The summed E-state index contributed by atoms with van der Waals surface area (Å²) in [5.74, 6) is 0.113. The lowest BCUT2D eigenvalue weighted by molar-refractivity contribution is -0.119. The topological polar surface area (TPSA) is 79.0 Å². The number of nitrogens with one attached hydrogen (secondary N) is 1. The Morgan fingerprint density at radius 1 is 0.973 bits per heavy atom. The van der Waals surface area contributed by atoms with Crippen molar-refractivity contribution in [2.24, 2.45) is 0 Å². The molecule has 1 amide bonds. The van der Waals surface area contributed by atoms with E-state index in [-0.39, 0.29) is 11.4 Å². The molecule has 0 saturated carbocycles. The third-order valence-electron chi connectivity index (χ3n) is 6.40. The van der Waals surface area contributed by atoms with Crippen LogP contribution in [0.25, 0.3) is 0 Å². The lowest BCUT2D eigenvalue weighted by Gasteiger charge is -2.26. The van der Waals surface area contributed by atoms with Crippen LogP contribution in [0, 0.1) is 0 Å². The van der Waals surface area contributed by atoms with Crippen LogP contribution >= 0.6 is 11.6 Å². The molecule has 3 aromatic rings. The zero-order valence-corrected chi connectivity index (χ0v) is 22.5. The van der Waals surface area contributed by atoms with Gasteiger partial charge in [-0.05, 0) is 79.5 Å². The van der Waals surface area contributed by atoms with Crippen LogP contribution in [0.4, 0.5) is 5.69 Å². The predicted octanol–water partition coefficient (Wildman–Crippen LogP) is 4.85. The quantitative estimate of drug-likeness (QED) is 0.397. The van der Waals surface area contributed by atoms with Gasteiger partial charge in [0.05, 0.1) is 17.7 Å². The van der Waals surface area contributed by atoms with Crippen LogP contribution in [0.2, 0.25) is 5.02 Å². The monoisotopic (exact) mass is 541 g/mol. The Balaban J connectivity index is 1.43. The Morgan fingerprint density at radius 3 is 2.30 bits per heavy atom. The van der Waals surface area contributed by atoms with Crippen molar-refractivity contribution in [1.82, 2.24) is 10.2 Å². The normalized spacial score (nSPS) is 14.2. The largest absolute Gasteiger partial charge is 0.497 e. The second-order valence-corrected chi connectivity index (χ2v) is 11.4. The first-order chi connectivity index (χ1) is 17.8. The zero-order valence-electron chi connectivity index (χ0n) is 20.9. The summed E-state index contributed by atoms with van der Waals surface area (Å²) in [7, 11) is -2.53. The summed E-state index contributed by atoms with van der Waals surface area (Å²) in [5.41, 5.74) is 2.50. The summed E-state index contributed by atoms with van der Waals surface area (Å²) >= 11 is 6.13. The van der Waals surface area contributed by atoms with Gasteiger partial charge in [0.2, 0.25) is 5.91 Å². The first kappa shape index (κ1) is 27.0. The third kappa shape index (κ3) is 7.25. The fraction of sp³-hybridized carbons (Fsp3) is 0.321. The smallest absolute Gasteiger partial charge is 0.264 e. The minimum absolute atomic E-state index is 0.0466. The van der Waals surface area contributed by atoms with Gasteiger partial charge in [0.1, 0.15) is 12.3 Å². The average molecular weight is 542 g/mol. The Hall–Kier alpha value is -3.07. The van der Waals surface area contributed by atoms with Crippen molar-refractivity contribution < 1.29 is 17.9 Å².